The molecule has 86 valence electrons. The van der Waals surface area contributed by atoms with Gasteiger partial charge in [0.2, 0.25) is 0 Å². The zero-order valence-electron chi connectivity index (χ0n) is 8.84. The molecular formula is C10H10F3N3. The van der Waals surface area contributed by atoms with Gasteiger partial charge in [-0.3, -0.25) is 0 Å². The number of rotatable bonds is 1. The fourth-order valence-corrected chi connectivity index (χ4v) is 1.61. The molecule has 16 heavy (non-hydrogen) atoms. The number of imidazole rings is 1. The Morgan fingerprint density at radius 2 is 2.06 bits per heavy atom. The third kappa shape index (κ3) is 1.64. The van der Waals surface area contributed by atoms with Crippen LogP contribution in [0.5, 0.6) is 0 Å². The van der Waals surface area contributed by atoms with E-state index in [0.717, 1.165) is 11.9 Å². The highest BCUT2D eigenvalue weighted by molar-refractivity contribution is 5.75. The standard InChI is InChI=1S/C10H10F3N3/c1-3-9-15-6-4-8(10(11,12)13)14-5-7(6)16(9)2/h4-5H,3H2,1-2H3. The van der Waals surface area contributed by atoms with Crippen molar-refractivity contribution in [2.45, 2.75) is 19.5 Å². The number of hydrogen-bond acceptors (Lipinski definition) is 2. The second-order valence-corrected chi connectivity index (χ2v) is 3.50. The van der Waals surface area contributed by atoms with Crippen molar-refractivity contribution in [3.63, 3.8) is 0 Å². The van der Waals surface area contributed by atoms with Crippen LogP contribution in [0.15, 0.2) is 12.3 Å². The summed E-state index contributed by atoms with van der Waals surface area (Å²) in [5.41, 5.74) is 0.0484. The van der Waals surface area contributed by atoms with Crippen molar-refractivity contribution in [3.8, 4) is 0 Å². The molecule has 0 radical (unpaired) electrons. The largest absolute Gasteiger partial charge is 0.433 e. The average molecular weight is 229 g/mol. The van der Waals surface area contributed by atoms with Gasteiger partial charge in [-0.1, -0.05) is 6.92 Å². The SMILES string of the molecule is CCc1nc2cc(C(F)(F)F)ncc2n1C. The van der Waals surface area contributed by atoms with E-state index in [0.29, 0.717) is 17.5 Å². The molecule has 0 aromatic carbocycles. The summed E-state index contributed by atoms with van der Waals surface area (Å²) in [4.78, 5) is 7.53. The molecule has 0 aliphatic rings. The maximum absolute atomic E-state index is 12.4. The van der Waals surface area contributed by atoms with Crippen molar-refractivity contribution < 1.29 is 13.2 Å². The average Bonchev–Trinajstić information content (AvgIpc) is 2.54. The van der Waals surface area contributed by atoms with E-state index in [1.54, 1.807) is 11.6 Å². The molecule has 0 saturated heterocycles. The molecule has 2 heterocycles. The Balaban J connectivity index is 2.64. The predicted molar refractivity (Wildman–Crippen MR) is 52.9 cm³/mol. The van der Waals surface area contributed by atoms with Gasteiger partial charge in [0.15, 0.2) is 0 Å². The van der Waals surface area contributed by atoms with Gasteiger partial charge >= 0.3 is 6.18 Å². The molecule has 2 aromatic rings. The van der Waals surface area contributed by atoms with E-state index in [1.165, 1.54) is 6.20 Å². The van der Waals surface area contributed by atoms with Gasteiger partial charge in [-0.15, -0.1) is 0 Å². The van der Waals surface area contributed by atoms with Crippen molar-refractivity contribution in [2.24, 2.45) is 7.05 Å². The van der Waals surface area contributed by atoms with Crippen molar-refractivity contribution in [1.29, 1.82) is 0 Å². The zero-order valence-corrected chi connectivity index (χ0v) is 8.84. The second kappa shape index (κ2) is 3.47. The first-order valence-electron chi connectivity index (χ1n) is 4.82. The topological polar surface area (TPSA) is 30.7 Å². The smallest absolute Gasteiger partial charge is 0.330 e. The highest BCUT2D eigenvalue weighted by atomic mass is 19.4. The van der Waals surface area contributed by atoms with Crippen LogP contribution in [0.3, 0.4) is 0 Å². The normalized spacial score (nSPS) is 12.3. The van der Waals surface area contributed by atoms with Crippen LogP contribution in [-0.2, 0) is 19.6 Å². The summed E-state index contributed by atoms with van der Waals surface area (Å²) in [6, 6.07) is 0.981. The monoisotopic (exact) mass is 229 g/mol. The summed E-state index contributed by atoms with van der Waals surface area (Å²) in [5, 5.41) is 0. The molecule has 0 bridgehead atoms. The fraction of sp³-hybridized carbons (Fsp3) is 0.400. The van der Waals surface area contributed by atoms with E-state index in [4.69, 9.17) is 0 Å². The van der Waals surface area contributed by atoms with Crippen molar-refractivity contribution in [2.75, 3.05) is 0 Å². The Morgan fingerprint density at radius 3 is 2.62 bits per heavy atom. The third-order valence-electron chi connectivity index (χ3n) is 2.47. The maximum Gasteiger partial charge on any atom is 0.433 e. The third-order valence-corrected chi connectivity index (χ3v) is 2.47. The van der Waals surface area contributed by atoms with Crippen LogP contribution < -0.4 is 0 Å². The molecule has 0 spiro atoms. The Morgan fingerprint density at radius 1 is 1.38 bits per heavy atom. The van der Waals surface area contributed by atoms with E-state index in [9.17, 15) is 13.2 Å². The number of hydrogen-bond donors (Lipinski definition) is 0. The first-order valence-corrected chi connectivity index (χ1v) is 4.82. The Kier molecular flexibility index (Phi) is 2.36. The minimum absolute atomic E-state index is 0.335. The molecule has 0 atom stereocenters. The van der Waals surface area contributed by atoms with Crippen LogP contribution in [0.25, 0.3) is 11.0 Å². The minimum atomic E-state index is -4.42. The lowest BCUT2D eigenvalue weighted by molar-refractivity contribution is -0.141. The Bertz CT molecular complexity index is 528. The minimum Gasteiger partial charge on any atom is -0.330 e. The summed E-state index contributed by atoms with van der Waals surface area (Å²) >= 11 is 0. The molecule has 2 rings (SSSR count). The number of alkyl halides is 3. The molecule has 0 fully saturated rings. The predicted octanol–water partition coefficient (Wildman–Crippen LogP) is 2.55. The van der Waals surface area contributed by atoms with Gasteiger partial charge in [-0.25, -0.2) is 9.97 Å². The molecule has 0 amide bonds. The molecule has 0 N–H and O–H groups in total. The first kappa shape index (κ1) is 10.9. The summed E-state index contributed by atoms with van der Waals surface area (Å²) in [6.07, 6.45) is -2.53. The lowest BCUT2D eigenvalue weighted by atomic mass is 10.3. The van der Waals surface area contributed by atoms with Crippen LogP contribution in [0, 0.1) is 0 Å². The number of pyridine rings is 1. The van der Waals surface area contributed by atoms with Gasteiger partial charge in [-0.2, -0.15) is 13.2 Å². The molecular weight excluding hydrogens is 219 g/mol. The molecule has 0 saturated carbocycles. The highest BCUT2D eigenvalue weighted by Gasteiger charge is 2.32. The van der Waals surface area contributed by atoms with Crippen LogP contribution >= 0.6 is 0 Å². The summed E-state index contributed by atoms with van der Waals surface area (Å²) in [5.74, 6) is 0.746. The number of aromatic nitrogens is 3. The van der Waals surface area contributed by atoms with E-state index in [1.807, 2.05) is 6.92 Å². The fourth-order valence-electron chi connectivity index (χ4n) is 1.61. The second-order valence-electron chi connectivity index (χ2n) is 3.50. The van der Waals surface area contributed by atoms with Gasteiger partial charge in [0.25, 0.3) is 0 Å². The molecule has 2 aromatic heterocycles. The van der Waals surface area contributed by atoms with Crippen LogP contribution in [0.1, 0.15) is 18.4 Å². The molecule has 6 heteroatoms. The van der Waals surface area contributed by atoms with Crippen LogP contribution in [0.2, 0.25) is 0 Å². The Hall–Kier alpha value is -1.59. The number of aryl methyl sites for hydroxylation is 2. The lowest BCUT2D eigenvalue weighted by Crippen LogP contribution is -2.07. The van der Waals surface area contributed by atoms with Crippen molar-refractivity contribution in [1.82, 2.24) is 14.5 Å². The van der Waals surface area contributed by atoms with Crippen LogP contribution in [-0.4, -0.2) is 14.5 Å². The highest BCUT2D eigenvalue weighted by Crippen LogP contribution is 2.29. The van der Waals surface area contributed by atoms with E-state index in [-0.39, 0.29) is 0 Å². The summed E-state index contributed by atoms with van der Waals surface area (Å²) in [6.45, 7) is 1.90. The maximum atomic E-state index is 12.4. The van der Waals surface area contributed by atoms with Gasteiger partial charge in [-0.05, 0) is 6.07 Å². The van der Waals surface area contributed by atoms with Crippen LogP contribution in [0.4, 0.5) is 13.2 Å². The van der Waals surface area contributed by atoms with Gasteiger partial charge < -0.3 is 4.57 Å². The number of fused-ring (bicyclic) bond motifs is 1. The summed E-state index contributed by atoms with van der Waals surface area (Å²) in [7, 11) is 1.77. The zero-order chi connectivity index (χ0) is 11.9. The number of nitrogens with zero attached hydrogens (tertiary/aromatic N) is 3. The molecule has 0 aliphatic carbocycles. The molecule has 0 unspecified atom stereocenters. The Labute approximate surface area is 89.9 Å². The van der Waals surface area contributed by atoms with Crippen molar-refractivity contribution >= 4 is 11.0 Å². The van der Waals surface area contributed by atoms with Gasteiger partial charge in [0, 0.05) is 13.5 Å². The number of halogens is 3. The van der Waals surface area contributed by atoms with Gasteiger partial charge in [0.1, 0.15) is 11.5 Å². The van der Waals surface area contributed by atoms with Crippen molar-refractivity contribution in [3.05, 3.63) is 23.8 Å². The van der Waals surface area contributed by atoms with E-state index in [2.05, 4.69) is 9.97 Å². The molecule has 3 nitrogen and oxygen atoms in total. The quantitative estimate of drug-likeness (QED) is 0.752. The lowest BCUT2D eigenvalue weighted by Gasteiger charge is -2.04. The van der Waals surface area contributed by atoms with E-state index < -0.39 is 11.9 Å². The van der Waals surface area contributed by atoms with E-state index >= 15 is 0 Å². The summed E-state index contributed by atoms with van der Waals surface area (Å²) < 4.78 is 39.0. The first-order chi connectivity index (χ1) is 7.43. The van der Waals surface area contributed by atoms with Gasteiger partial charge in [0.05, 0.1) is 17.2 Å². The molecule has 0 aliphatic heterocycles.